The molecule has 0 spiro atoms. The van der Waals surface area contributed by atoms with Crippen molar-refractivity contribution in [1.82, 2.24) is 0 Å². The number of hydrogen-bond acceptors (Lipinski definition) is 3. The number of ether oxygens (including phenoxy) is 1. The predicted molar refractivity (Wildman–Crippen MR) is 105 cm³/mol. The van der Waals surface area contributed by atoms with Gasteiger partial charge in [0.2, 0.25) is 0 Å². The summed E-state index contributed by atoms with van der Waals surface area (Å²) >= 11 is 0. The van der Waals surface area contributed by atoms with Crippen molar-refractivity contribution in [3.63, 3.8) is 0 Å². The molecule has 0 saturated heterocycles. The second-order valence-corrected chi connectivity index (χ2v) is 8.37. The minimum Gasteiger partial charge on any atom is -0.460 e. The standard InChI is InChI=1S/C23H30O3/c1-15(2)18-13-12-16(3)14-21(18)26-22(24)23(4,25)20-11-7-9-17-8-5-6-10-19(17)20/h5-11,15-16,18,21,25H,12-14H2,1-4H3/t16-,18+,21-,23+/m1/s1. The molecule has 1 N–H and O–H groups in total. The molecule has 0 heterocycles. The van der Waals surface area contributed by atoms with Gasteiger partial charge >= 0.3 is 5.97 Å². The molecule has 3 rings (SSSR count). The minimum absolute atomic E-state index is 0.118. The predicted octanol–water partition coefficient (Wildman–Crippen LogP) is 5.05. The molecule has 1 fully saturated rings. The third kappa shape index (κ3) is 3.64. The molecule has 0 bridgehead atoms. The second-order valence-electron chi connectivity index (χ2n) is 8.37. The smallest absolute Gasteiger partial charge is 0.342 e. The number of carbonyl (C=O) groups excluding carboxylic acids is 1. The molecule has 1 aliphatic carbocycles. The van der Waals surface area contributed by atoms with Gasteiger partial charge in [0.15, 0.2) is 5.60 Å². The summed E-state index contributed by atoms with van der Waals surface area (Å²) in [5.74, 6) is 0.824. The van der Waals surface area contributed by atoms with E-state index in [1.165, 1.54) is 6.42 Å². The number of fused-ring (bicyclic) bond motifs is 1. The Balaban J connectivity index is 1.87. The van der Waals surface area contributed by atoms with Crippen LogP contribution in [0.25, 0.3) is 10.8 Å². The quantitative estimate of drug-likeness (QED) is 0.782. The molecule has 3 nitrogen and oxygen atoms in total. The lowest BCUT2D eigenvalue weighted by Gasteiger charge is -2.38. The Kier molecular flexibility index (Phi) is 5.38. The third-order valence-corrected chi connectivity index (χ3v) is 5.93. The zero-order chi connectivity index (χ0) is 18.9. The van der Waals surface area contributed by atoms with E-state index in [-0.39, 0.29) is 6.10 Å². The van der Waals surface area contributed by atoms with Crippen molar-refractivity contribution >= 4 is 16.7 Å². The maximum Gasteiger partial charge on any atom is 0.342 e. The van der Waals surface area contributed by atoms with E-state index < -0.39 is 11.6 Å². The van der Waals surface area contributed by atoms with Gasteiger partial charge < -0.3 is 9.84 Å². The van der Waals surface area contributed by atoms with Gasteiger partial charge in [0.25, 0.3) is 0 Å². The number of aliphatic hydroxyl groups is 1. The zero-order valence-corrected chi connectivity index (χ0v) is 16.2. The monoisotopic (exact) mass is 354 g/mol. The largest absolute Gasteiger partial charge is 0.460 e. The molecule has 1 saturated carbocycles. The van der Waals surface area contributed by atoms with Gasteiger partial charge in [-0.05, 0) is 48.3 Å². The summed E-state index contributed by atoms with van der Waals surface area (Å²) in [7, 11) is 0. The molecule has 2 aromatic rings. The molecule has 0 amide bonds. The number of rotatable bonds is 4. The maximum absolute atomic E-state index is 13.0. The molecule has 1 aliphatic rings. The van der Waals surface area contributed by atoms with Crippen molar-refractivity contribution in [3.8, 4) is 0 Å². The highest BCUT2D eigenvalue weighted by molar-refractivity contribution is 5.92. The van der Waals surface area contributed by atoms with Crippen LogP contribution in [-0.2, 0) is 15.1 Å². The van der Waals surface area contributed by atoms with Crippen LogP contribution in [0.3, 0.4) is 0 Å². The van der Waals surface area contributed by atoms with Gasteiger partial charge in [0.1, 0.15) is 6.10 Å². The van der Waals surface area contributed by atoms with Crippen LogP contribution in [0.1, 0.15) is 52.5 Å². The van der Waals surface area contributed by atoms with Crippen LogP contribution in [0.2, 0.25) is 0 Å². The van der Waals surface area contributed by atoms with E-state index in [1.54, 1.807) is 6.92 Å². The van der Waals surface area contributed by atoms with Gasteiger partial charge in [-0.2, -0.15) is 0 Å². The SMILES string of the molecule is CC(C)[C@@H]1CC[C@@H](C)C[C@H]1OC(=O)[C@@](C)(O)c1cccc2ccccc12. The van der Waals surface area contributed by atoms with Gasteiger partial charge in [0, 0.05) is 5.56 Å². The van der Waals surface area contributed by atoms with Crippen LogP contribution in [0.15, 0.2) is 42.5 Å². The number of hydrogen-bond donors (Lipinski definition) is 1. The van der Waals surface area contributed by atoms with Crippen molar-refractivity contribution in [2.75, 3.05) is 0 Å². The van der Waals surface area contributed by atoms with E-state index in [0.29, 0.717) is 23.3 Å². The fraction of sp³-hybridized carbons (Fsp3) is 0.522. The van der Waals surface area contributed by atoms with Crippen molar-refractivity contribution in [2.24, 2.45) is 17.8 Å². The summed E-state index contributed by atoms with van der Waals surface area (Å²) in [4.78, 5) is 13.0. The molecular weight excluding hydrogens is 324 g/mol. The minimum atomic E-state index is -1.66. The first-order chi connectivity index (χ1) is 12.3. The second kappa shape index (κ2) is 7.40. The number of carbonyl (C=O) groups is 1. The molecule has 2 aromatic carbocycles. The molecule has 3 heteroatoms. The zero-order valence-electron chi connectivity index (χ0n) is 16.2. The highest BCUT2D eigenvalue weighted by atomic mass is 16.6. The van der Waals surface area contributed by atoms with E-state index in [2.05, 4.69) is 20.8 Å². The first-order valence-electron chi connectivity index (χ1n) is 9.72. The Bertz CT molecular complexity index is 773. The molecule has 0 aromatic heterocycles. The summed E-state index contributed by atoms with van der Waals surface area (Å²) in [6.45, 7) is 8.13. The van der Waals surface area contributed by atoms with Gasteiger partial charge in [-0.1, -0.05) is 69.7 Å². The highest BCUT2D eigenvalue weighted by Crippen LogP contribution is 2.37. The topological polar surface area (TPSA) is 46.5 Å². The number of benzene rings is 2. The summed E-state index contributed by atoms with van der Waals surface area (Å²) in [5, 5.41) is 13.0. The summed E-state index contributed by atoms with van der Waals surface area (Å²) < 4.78 is 5.91. The van der Waals surface area contributed by atoms with Crippen molar-refractivity contribution < 1.29 is 14.6 Å². The van der Waals surface area contributed by atoms with Crippen LogP contribution in [-0.4, -0.2) is 17.2 Å². The van der Waals surface area contributed by atoms with Crippen LogP contribution in [0.4, 0.5) is 0 Å². The molecule has 0 unspecified atom stereocenters. The van der Waals surface area contributed by atoms with E-state index in [1.807, 2.05) is 42.5 Å². The fourth-order valence-corrected chi connectivity index (χ4v) is 4.26. The fourth-order valence-electron chi connectivity index (χ4n) is 4.26. The first kappa shape index (κ1) is 18.9. The Hall–Kier alpha value is -1.87. The summed E-state index contributed by atoms with van der Waals surface area (Å²) in [5.41, 5.74) is -1.06. The average molecular weight is 354 g/mol. The lowest BCUT2D eigenvalue weighted by Crippen LogP contribution is -2.42. The van der Waals surface area contributed by atoms with Gasteiger partial charge in [-0.25, -0.2) is 4.79 Å². The molecule has 0 radical (unpaired) electrons. The summed E-state index contributed by atoms with van der Waals surface area (Å²) in [6, 6.07) is 13.5. The Morgan fingerprint density at radius 2 is 1.85 bits per heavy atom. The Morgan fingerprint density at radius 1 is 1.15 bits per heavy atom. The number of esters is 1. The van der Waals surface area contributed by atoms with Crippen molar-refractivity contribution in [3.05, 3.63) is 48.0 Å². The molecular formula is C23H30O3. The van der Waals surface area contributed by atoms with Gasteiger partial charge in [-0.15, -0.1) is 0 Å². The van der Waals surface area contributed by atoms with Crippen LogP contribution in [0, 0.1) is 17.8 Å². The summed E-state index contributed by atoms with van der Waals surface area (Å²) in [6.07, 6.45) is 3.01. The van der Waals surface area contributed by atoms with Crippen molar-refractivity contribution in [1.29, 1.82) is 0 Å². The van der Waals surface area contributed by atoms with Crippen LogP contribution >= 0.6 is 0 Å². The van der Waals surface area contributed by atoms with Gasteiger partial charge in [0.05, 0.1) is 0 Å². The maximum atomic E-state index is 13.0. The normalized spacial score (nSPS) is 25.8. The van der Waals surface area contributed by atoms with E-state index >= 15 is 0 Å². The molecule has 26 heavy (non-hydrogen) atoms. The Morgan fingerprint density at radius 3 is 2.58 bits per heavy atom. The van der Waals surface area contributed by atoms with E-state index in [4.69, 9.17) is 4.74 Å². The third-order valence-electron chi connectivity index (χ3n) is 5.93. The molecule has 0 aliphatic heterocycles. The molecule has 4 atom stereocenters. The highest BCUT2D eigenvalue weighted by Gasteiger charge is 2.40. The Labute approximate surface area is 156 Å². The van der Waals surface area contributed by atoms with E-state index in [0.717, 1.165) is 23.6 Å². The lowest BCUT2D eigenvalue weighted by atomic mass is 9.75. The molecule has 140 valence electrons. The van der Waals surface area contributed by atoms with E-state index in [9.17, 15) is 9.90 Å². The lowest BCUT2D eigenvalue weighted by molar-refractivity contribution is -0.177. The van der Waals surface area contributed by atoms with Gasteiger partial charge in [-0.3, -0.25) is 0 Å². The van der Waals surface area contributed by atoms with Crippen LogP contribution in [0.5, 0.6) is 0 Å². The average Bonchev–Trinajstić information content (AvgIpc) is 2.61. The van der Waals surface area contributed by atoms with Crippen molar-refractivity contribution in [2.45, 2.75) is 58.7 Å². The first-order valence-corrected chi connectivity index (χ1v) is 9.72. The van der Waals surface area contributed by atoms with Crippen LogP contribution < -0.4 is 0 Å².